The quantitative estimate of drug-likeness (QED) is 0.678. The molecule has 16 heavy (non-hydrogen) atoms. The van der Waals surface area contributed by atoms with Gasteiger partial charge in [0.25, 0.3) is 11.6 Å². The summed E-state index contributed by atoms with van der Waals surface area (Å²) in [5.41, 5.74) is -0.306. The average molecular weight is 289 g/mol. The van der Waals surface area contributed by atoms with Crippen molar-refractivity contribution in [1.82, 2.24) is 5.32 Å². The molecule has 0 spiro atoms. The normalized spacial score (nSPS) is 9.69. The van der Waals surface area contributed by atoms with Crippen LogP contribution in [0.25, 0.3) is 0 Å². The molecule has 0 bridgehead atoms. The van der Waals surface area contributed by atoms with Crippen LogP contribution in [0.2, 0.25) is 0 Å². The number of methoxy groups -OCH3 is 1. The molecular weight excluding hydrogens is 280 g/mol. The molecule has 0 saturated carbocycles. The standard InChI is InChI=1S/C9H9BrN2O4/c1-11-9(13)5-3-8(16-2)6(10)4-7(5)12(14)15/h3-4H,1-2H3,(H,11,13). The van der Waals surface area contributed by atoms with Crippen molar-refractivity contribution in [3.8, 4) is 5.75 Å². The Labute approximate surface area is 99.9 Å². The van der Waals surface area contributed by atoms with Gasteiger partial charge in [0.1, 0.15) is 11.3 Å². The van der Waals surface area contributed by atoms with Gasteiger partial charge in [-0.25, -0.2) is 0 Å². The summed E-state index contributed by atoms with van der Waals surface area (Å²) < 4.78 is 5.39. The third-order valence-electron chi connectivity index (χ3n) is 1.94. The Hall–Kier alpha value is -1.63. The fraction of sp³-hybridized carbons (Fsp3) is 0.222. The fourth-order valence-corrected chi connectivity index (χ4v) is 1.66. The van der Waals surface area contributed by atoms with Gasteiger partial charge in [-0.1, -0.05) is 0 Å². The molecule has 0 fully saturated rings. The summed E-state index contributed by atoms with van der Waals surface area (Å²) in [6.45, 7) is 0. The van der Waals surface area contributed by atoms with Gasteiger partial charge in [0.2, 0.25) is 0 Å². The highest BCUT2D eigenvalue weighted by Gasteiger charge is 2.22. The molecule has 6 nitrogen and oxygen atoms in total. The molecule has 0 radical (unpaired) electrons. The molecule has 1 aromatic rings. The molecule has 7 heteroatoms. The number of benzene rings is 1. The molecule has 0 atom stereocenters. The lowest BCUT2D eigenvalue weighted by atomic mass is 10.1. The van der Waals surface area contributed by atoms with Gasteiger partial charge >= 0.3 is 0 Å². The number of nitrogens with zero attached hydrogens (tertiary/aromatic N) is 1. The molecule has 1 rings (SSSR count). The Morgan fingerprint density at radius 2 is 2.19 bits per heavy atom. The first-order valence-electron chi connectivity index (χ1n) is 4.25. The van der Waals surface area contributed by atoms with Crippen LogP contribution in [-0.2, 0) is 0 Å². The summed E-state index contributed by atoms with van der Waals surface area (Å²) in [6, 6.07) is 2.56. The van der Waals surface area contributed by atoms with Gasteiger partial charge in [0.05, 0.1) is 16.5 Å². The van der Waals surface area contributed by atoms with Crippen LogP contribution >= 0.6 is 15.9 Å². The number of amides is 1. The monoisotopic (exact) mass is 288 g/mol. The minimum Gasteiger partial charge on any atom is -0.496 e. The number of nitro benzene ring substituents is 1. The van der Waals surface area contributed by atoms with Crippen LogP contribution in [0.5, 0.6) is 5.75 Å². The Kier molecular flexibility index (Phi) is 3.83. The Morgan fingerprint density at radius 3 is 2.62 bits per heavy atom. The van der Waals surface area contributed by atoms with E-state index < -0.39 is 10.8 Å². The average Bonchev–Trinajstić information content (AvgIpc) is 2.27. The minimum atomic E-state index is -0.616. The molecule has 1 aromatic carbocycles. The zero-order valence-electron chi connectivity index (χ0n) is 8.61. The maximum Gasteiger partial charge on any atom is 0.283 e. The summed E-state index contributed by atoms with van der Waals surface area (Å²) in [5, 5.41) is 13.1. The van der Waals surface area contributed by atoms with Crippen LogP contribution in [0.15, 0.2) is 16.6 Å². The van der Waals surface area contributed by atoms with Crippen LogP contribution < -0.4 is 10.1 Å². The Morgan fingerprint density at radius 1 is 1.56 bits per heavy atom. The molecule has 86 valence electrons. The van der Waals surface area contributed by atoms with E-state index in [4.69, 9.17) is 4.74 Å². The van der Waals surface area contributed by atoms with Crippen LogP contribution in [0.4, 0.5) is 5.69 Å². The van der Waals surface area contributed by atoms with Crippen LogP contribution in [0.1, 0.15) is 10.4 Å². The number of hydrogen-bond acceptors (Lipinski definition) is 4. The SMILES string of the molecule is CNC(=O)c1cc(OC)c(Br)cc1[N+](=O)[O-]. The smallest absolute Gasteiger partial charge is 0.283 e. The fourth-order valence-electron chi connectivity index (χ4n) is 1.17. The van der Waals surface area contributed by atoms with Crippen molar-refractivity contribution in [3.63, 3.8) is 0 Å². The van der Waals surface area contributed by atoms with E-state index in [1.807, 2.05) is 0 Å². The predicted molar refractivity (Wildman–Crippen MR) is 60.7 cm³/mol. The Bertz CT molecular complexity index is 447. The topological polar surface area (TPSA) is 81.5 Å². The van der Waals surface area contributed by atoms with Gasteiger partial charge < -0.3 is 10.1 Å². The summed E-state index contributed by atoms with van der Waals surface area (Å²) in [4.78, 5) is 21.6. The van der Waals surface area contributed by atoms with E-state index in [1.165, 1.54) is 26.3 Å². The van der Waals surface area contributed by atoms with Gasteiger partial charge in [-0.05, 0) is 15.9 Å². The molecule has 1 N–H and O–H groups in total. The van der Waals surface area contributed by atoms with E-state index in [1.54, 1.807) is 0 Å². The third-order valence-corrected chi connectivity index (χ3v) is 2.56. The lowest BCUT2D eigenvalue weighted by Crippen LogP contribution is -2.19. The van der Waals surface area contributed by atoms with E-state index in [-0.39, 0.29) is 11.3 Å². The molecular formula is C9H9BrN2O4. The van der Waals surface area contributed by atoms with Crippen molar-refractivity contribution >= 4 is 27.5 Å². The van der Waals surface area contributed by atoms with Crippen LogP contribution in [0.3, 0.4) is 0 Å². The predicted octanol–water partition coefficient (Wildman–Crippen LogP) is 1.73. The zero-order valence-corrected chi connectivity index (χ0v) is 10.2. The Balaban J connectivity index is 3.42. The van der Waals surface area contributed by atoms with Crippen LogP contribution in [0, 0.1) is 10.1 Å². The highest BCUT2D eigenvalue weighted by molar-refractivity contribution is 9.10. The van der Waals surface area contributed by atoms with E-state index in [2.05, 4.69) is 21.2 Å². The number of carbonyl (C=O) groups excluding carboxylic acids is 1. The summed E-state index contributed by atoms with van der Waals surface area (Å²) in [7, 11) is 2.82. The van der Waals surface area contributed by atoms with Crippen molar-refractivity contribution in [3.05, 3.63) is 32.3 Å². The number of halogens is 1. The lowest BCUT2D eigenvalue weighted by molar-refractivity contribution is -0.385. The highest BCUT2D eigenvalue weighted by Crippen LogP contribution is 2.32. The number of rotatable bonds is 3. The third kappa shape index (κ3) is 2.30. The van der Waals surface area contributed by atoms with E-state index in [0.717, 1.165) is 0 Å². The van der Waals surface area contributed by atoms with Crippen molar-refractivity contribution in [2.24, 2.45) is 0 Å². The molecule has 0 heterocycles. The van der Waals surface area contributed by atoms with Gasteiger partial charge in [0.15, 0.2) is 0 Å². The second-order valence-electron chi connectivity index (χ2n) is 2.84. The second kappa shape index (κ2) is 4.93. The highest BCUT2D eigenvalue weighted by atomic mass is 79.9. The van der Waals surface area contributed by atoms with Gasteiger partial charge in [-0.3, -0.25) is 14.9 Å². The van der Waals surface area contributed by atoms with E-state index in [0.29, 0.717) is 10.2 Å². The van der Waals surface area contributed by atoms with Crippen molar-refractivity contribution in [2.45, 2.75) is 0 Å². The number of hydrogen-bond donors (Lipinski definition) is 1. The van der Waals surface area contributed by atoms with E-state index >= 15 is 0 Å². The summed E-state index contributed by atoms with van der Waals surface area (Å²) in [5.74, 6) is -0.165. The zero-order chi connectivity index (χ0) is 12.3. The molecule has 1 amide bonds. The maximum absolute atomic E-state index is 11.4. The summed E-state index contributed by atoms with van der Waals surface area (Å²) in [6.07, 6.45) is 0. The minimum absolute atomic E-state index is 0.0347. The molecule has 0 aliphatic carbocycles. The lowest BCUT2D eigenvalue weighted by Gasteiger charge is -2.06. The molecule has 0 aromatic heterocycles. The largest absolute Gasteiger partial charge is 0.496 e. The van der Waals surface area contributed by atoms with Gasteiger partial charge in [-0.2, -0.15) is 0 Å². The first-order valence-corrected chi connectivity index (χ1v) is 5.04. The first-order chi connectivity index (χ1) is 7.51. The molecule has 0 aliphatic heterocycles. The number of nitrogens with one attached hydrogen (secondary N) is 1. The first kappa shape index (κ1) is 12.4. The number of carbonyl (C=O) groups is 1. The van der Waals surface area contributed by atoms with Crippen molar-refractivity contribution < 1.29 is 14.5 Å². The molecule has 0 unspecified atom stereocenters. The number of ether oxygens (including phenoxy) is 1. The van der Waals surface area contributed by atoms with Crippen molar-refractivity contribution in [1.29, 1.82) is 0 Å². The van der Waals surface area contributed by atoms with Gasteiger partial charge in [-0.15, -0.1) is 0 Å². The number of nitro groups is 1. The molecule has 0 aliphatic rings. The van der Waals surface area contributed by atoms with Crippen LogP contribution in [-0.4, -0.2) is 25.0 Å². The van der Waals surface area contributed by atoms with E-state index in [9.17, 15) is 14.9 Å². The summed E-state index contributed by atoms with van der Waals surface area (Å²) >= 11 is 3.12. The van der Waals surface area contributed by atoms with Crippen molar-refractivity contribution in [2.75, 3.05) is 14.2 Å². The molecule has 0 saturated heterocycles. The second-order valence-corrected chi connectivity index (χ2v) is 3.69. The van der Waals surface area contributed by atoms with Gasteiger partial charge in [0, 0.05) is 19.2 Å². The maximum atomic E-state index is 11.4.